The molecule has 0 aliphatic rings. The Morgan fingerprint density at radius 3 is 1.11 bits per heavy atom. The number of unbranched alkanes of at least 4 members (excludes halogenated alkanes) is 31. The largest absolute Gasteiger partial charge is 0.461 e. The summed E-state index contributed by atoms with van der Waals surface area (Å²) in [6.07, 6.45) is 60.4. The molecular weight excluding hydrogens is 1060 g/mol. The van der Waals surface area contributed by atoms with E-state index in [1.54, 1.807) is 0 Å². The third-order valence-corrected chi connectivity index (χ3v) is 15.5. The molecule has 0 aromatic carbocycles. The van der Waals surface area contributed by atoms with Crippen LogP contribution in [0.3, 0.4) is 0 Å². The summed E-state index contributed by atoms with van der Waals surface area (Å²) in [5, 5.41) is 0. The lowest BCUT2D eigenvalue weighted by Crippen LogP contribution is -2.27. The molecule has 0 aromatic rings. The summed E-state index contributed by atoms with van der Waals surface area (Å²) in [6.45, 7) is 12.2. The lowest BCUT2D eigenvalue weighted by atomic mass is 9.89. The summed E-state index contributed by atoms with van der Waals surface area (Å²) in [5.41, 5.74) is 0. The van der Waals surface area contributed by atoms with E-state index in [2.05, 4.69) is 37.1 Å². The zero-order valence-corrected chi connectivity index (χ0v) is 54.6. The van der Waals surface area contributed by atoms with Crippen molar-refractivity contribution in [3.8, 4) is 0 Å². The van der Waals surface area contributed by atoms with Crippen molar-refractivity contribution in [1.82, 2.24) is 0 Å². The molecule has 2 unspecified atom stereocenters. The third kappa shape index (κ3) is 67.2. The van der Waals surface area contributed by atoms with Gasteiger partial charge < -0.3 is 37.9 Å². The molecular formula is C68H130O13S. The van der Waals surface area contributed by atoms with E-state index in [1.807, 2.05) is 12.2 Å². The normalized spacial score (nSPS) is 12.8. The molecule has 13 nitrogen and oxygen atoms in total. The Hall–Kier alpha value is -1.91. The van der Waals surface area contributed by atoms with E-state index < -0.39 is 10.1 Å². The maximum absolute atomic E-state index is 12.4. The first kappa shape index (κ1) is 80.1. The van der Waals surface area contributed by atoms with Crippen LogP contribution in [0.4, 0.5) is 0 Å². The monoisotopic (exact) mass is 1190 g/mol. The van der Waals surface area contributed by atoms with E-state index in [9.17, 15) is 18.0 Å². The molecule has 0 spiro atoms. The summed E-state index contributed by atoms with van der Waals surface area (Å²) in [5.74, 6) is 0.701. The number of carbonyl (C=O) groups excluding carboxylic acids is 2. The summed E-state index contributed by atoms with van der Waals surface area (Å²) in [6, 6.07) is 0. The Bertz CT molecular complexity index is 1480. The maximum Gasteiger partial charge on any atom is 0.306 e. The van der Waals surface area contributed by atoms with Crippen LogP contribution >= 0.6 is 0 Å². The predicted octanol–water partition coefficient (Wildman–Crippen LogP) is 17.7. The van der Waals surface area contributed by atoms with Crippen LogP contribution in [0.1, 0.15) is 290 Å². The molecule has 0 heterocycles. The van der Waals surface area contributed by atoms with Gasteiger partial charge in [0.25, 0.3) is 10.1 Å². The van der Waals surface area contributed by atoms with E-state index in [-0.39, 0.29) is 31.3 Å². The smallest absolute Gasteiger partial charge is 0.306 e. The van der Waals surface area contributed by atoms with Crippen molar-refractivity contribution in [3.05, 3.63) is 24.3 Å². The number of hydrogen-bond acceptors (Lipinski definition) is 13. The average Bonchev–Trinajstić information content (AvgIpc) is 3.45. The van der Waals surface area contributed by atoms with Crippen LogP contribution in [0.5, 0.6) is 0 Å². The molecule has 0 radical (unpaired) electrons. The van der Waals surface area contributed by atoms with Gasteiger partial charge in [0.15, 0.2) is 0 Å². The molecule has 82 heavy (non-hydrogen) atoms. The third-order valence-electron chi connectivity index (χ3n) is 15.0. The molecule has 0 fully saturated rings. The molecule has 0 saturated carbocycles. The van der Waals surface area contributed by atoms with Crippen molar-refractivity contribution < 1.29 is 60.1 Å². The minimum absolute atomic E-state index is 0.0153. The fourth-order valence-electron chi connectivity index (χ4n) is 9.91. The van der Waals surface area contributed by atoms with Gasteiger partial charge in [0.1, 0.15) is 19.3 Å². The number of allylic oxidation sites excluding steroid dienone is 2. The minimum Gasteiger partial charge on any atom is -0.461 e. The highest BCUT2D eigenvalue weighted by Crippen LogP contribution is 2.25. The molecule has 0 aliphatic heterocycles. The van der Waals surface area contributed by atoms with Crippen LogP contribution in [0.15, 0.2) is 24.3 Å². The van der Waals surface area contributed by atoms with Crippen molar-refractivity contribution in [3.63, 3.8) is 0 Å². The summed E-state index contributed by atoms with van der Waals surface area (Å²) in [7, 11) is -3.46. The Morgan fingerprint density at radius 1 is 0.354 bits per heavy atom. The van der Waals surface area contributed by atoms with Crippen LogP contribution in [0, 0.1) is 5.92 Å². The molecule has 0 aliphatic carbocycles. The topological polar surface area (TPSA) is 151 Å². The predicted molar refractivity (Wildman–Crippen MR) is 339 cm³/mol. The van der Waals surface area contributed by atoms with E-state index in [4.69, 9.17) is 37.9 Å². The molecule has 0 N–H and O–H groups in total. The molecule has 0 rings (SSSR count). The van der Waals surface area contributed by atoms with E-state index >= 15 is 0 Å². The van der Waals surface area contributed by atoms with Crippen molar-refractivity contribution in [2.24, 2.45) is 5.92 Å². The fourth-order valence-corrected chi connectivity index (χ4v) is 10.3. The fraction of sp³-hybridized carbons (Fsp3) is 0.912. The first-order chi connectivity index (χ1) is 40.2. The summed E-state index contributed by atoms with van der Waals surface area (Å²) >= 11 is 0. The highest BCUT2D eigenvalue weighted by atomic mass is 32.2. The second-order valence-electron chi connectivity index (χ2n) is 22.9. The molecule has 0 bridgehead atoms. The zero-order chi connectivity index (χ0) is 59.6. The lowest BCUT2D eigenvalue weighted by molar-refractivity contribution is -0.143. The Kier molecular flexibility index (Phi) is 65.1. The van der Waals surface area contributed by atoms with Gasteiger partial charge in [0, 0.05) is 26.1 Å². The lowest BCUT2D eigenvalue weighted by Gasteiger charge is -2.18. The van der Waals surface area contributed by atoms with Gasteiger partial charge in [-0.15, -0.1) is 0 Å². The number of ether oxygens (including phenoxy) is 8. The standard InChI is InChI=1S/C68H130O13S/c1-5-8-11-14-17-19-22-29-38-47-65(46-37-28-21-18-15-12-9-6-2)48-39-30-23-20-25-35-45-54-80-67(69)49-40-31-26-33-42-51-76-63-66(64-77-60-59-74-56-55-73-57-58-75-61-62-81-82(4,71)72)78-52-43-36-27-32-41-50-68(70)79-53-44-34-24-16-13-10-7-3/h34-35,44-45,65-66H,5-33,36-43,46-64H2,1-4H3/b44-34-,45-35-. The van der Waals surface area contributed by atoms with Gasteiger partial charge in [-0.2, -0.15) is 8.42 Å². The van der Waals surface area contributed by atoms with Gasteiger partial charge in [-0.3, -0.25) is 13.8 Å². The maximum atomic E-state index is 12.4. The van der Waals surface area contributed by atoms with Crippen molar-refractivity contribution in [2.75, 3.05) is 98.8 Å². The highest BCUT2D eigenvalue weighted by Gasteiger charge is 2.12. The Labute approximate surface area is 505 Å². The molecule has 0 aromatic heterocycles. The average molecular weight is 1190 g/mol. The van der Waals surface area contributed by atoms with E-state index in [0.29, 0.717) is 92.1 Å². The zero-order valence-electron chi connectivity index (χ0n) is 53.8. The van der Waals surface area contributed by atoms with Crippen LogP contribution in [-0.4, -0.2) is 125 Å². The van der Waals surface area contributed by atoms with E-state index in [1.165, 1.54) is 180 Å². The van der Waals surface area contributed by atoms with Gasteiger partial charge in [0.2, 0.25) is 0 Å². The molecule has 486 valence electrons. The first-order valence-corrected chi connectivity index (χ1v) is 36.0. The van der Waals surface area contributed by atoms with Crippen LogP contribution in [0.2, 0.25) is 0 Å². The molecule has 2 atom stereocenters. The summed E-state index contributed by atoms with van der Waals surface area (Å²) in [4.78, 5) is 24.5. The minimum atomic E-state index is -3.46. The van der Waals surface area contributed by atoms with Gasteiger partial charge in [-0.1, -0.05) is 251 Å². The molecule has 0 saturated heterocycles. The molecule has 14 heteroatoms. The Balaban J connectivity index is 4.30. The number of carbonyl (C=O) groups is 2. The quantitative estimate of drug-likeness (QED) is 0.0246. The van der Waals surface area contributed by atoms with Gasteiger partial charge in [0.05, 0.1) is 72.3 Å². The van der Waals surface area contributed by atoms with Crippen LogP contribution < -0.4 is 0 Å². The second kappa shape index (κ2) is 66.6. The van der Waals surface area contributed by atoms with Crippen LogP contribution in [-0.2, 0) is 61.8 Å². The number of hydrogen-bond donors (Lipinski definition) is 0. The van der Waals surface area contributed by atoms with Gasteiger partial charge >= 0.3 is 11.9 Å². The van der Waals surface area contributed by atoms with E-state index in [0.717, 1.165) is 89.2 Å². The van der Waals surface area contributed by atoms with Gasteiger partial charge in [-0.25, -0.2) is 0 Å². The second-order valence-corrected chi connectivity index (χ2v) is 24.6. The Morgan fingerprint density at radius 2 is 0.683 bits per heavy atom. The first-order valence-electron chi connectivity index (χ1n) is 34.2. The molecule has 0 amide bonds. The highest BCUT2D eigenvalue weighted by molar-refractivity contribution is 7.85. The van der Waals surface area contributed by atoms with Gasteiger partial charge in [-0.05, 0) is 57.3 Å². The van der Waals surface area contributed by atoms with Crippen molar-refractivity contribution in [2.45, 2.75) is 297 Å². The number of esters is 2. The van der Waals surface area contributed by atoms with Crippen molar-refractivity contribution in [1.29, 1.82) is 0 Å². The van der Waals surface area contributed by atoms with Crippen molar-refractivity contribution >= 4 is 22.1 Å². The van der Waals surface area contributed by atoms with Crippen LogP contribution in [0.25, 0.3) is 0 Å². The SMILES string of the molecule is CCCCCC/C=C\COC(=O)CCCCCCCOC(COCCCCCCCC(=O)OC/C=C\CCCCCCC(CCCCCCCCCC)CCCCCCCCCCC)COCCOCCOCCOCCOS(C)(=O)=O. The summed E-state index contributed by atoms with van der Waals surface area (Å²) < 4.78 is 72.1. The number of rotatable bonds is 69.